The average molecular weight is 300 g/mol. The van der Waals surface area contributed by atoms with E-state index < -0.39 is 17.4 Å². The van der Waals surface area contributed by atoms with Gasteiger partial charge in [0.15, 0.2) is 0 Å². The SMILES string of the molecule is CCN1C(=O)[C@H]2[C@H](C)[NH2+][C@@]3(C(=O)Nc4ccccc43)[C@@H]2C1=O. The van der Waals surface area contributed by atoms with Crippen LogP contribution in [-0.2, 0) is 19.9 Å². The van der Waals surface area contributed by atoms with E-state index >= 15 is 0 Å². The van der Waals surface area contributed by atoms with Crippen LogP contribution >= 0.6 is 0 Å². The van der Waals surface area contributed by atoms with Crippen molar-refractivity contribution in [3.05, 3.63) is 29.8 Å². The molecular weight excluding hydrogens is 282 g/mol. The number of rotatable bonds is 1. The van der Waals surface area contributed by atoms with Gasteiger partial charge in [0.1, 0.15) is 11.8 Å². The summed E-state index contributed by atoms with van der Waals surface area (Å²) in [5, 5.41) is 4.79. The summed E-state index contributed by atoms with van der Waals surface area (Å²) in [6, 6.07) is 7.34. The summed E-state index contributed by atoms with van der Waals surface area (Å²) in [4.78, 5) is 39.4. The summed E-state index contributed by atoms with van der Waals surface area (Å²) in [5.41, 5.74) is 0.558. The molecule has 2 fully saturated rings. The van der Waals surface area contributed by atoms with Crippen molar-refractivity contribution in [3.63, 3.8) is 0 Å². The fraction of sp³-hybridized carbons (Fsp3) is 0.438. The van der Waals surface area contributed by atoms with Crippen molar-refractivity contribution in [2.75, 3.05) is 11.9 Å². The van der Waals surface area contributed by atoms with Gasteiger partial charge in [-0.3, -0.25) is 19.3 Å². The average Bonchev–Trinajstić information content (AvgIpc) is 3.05. The largest absolute Gasteiger partial charge is 0.326 e. The second-order valence-electron chi connectivity index (χ2n) is 6.32. The van der Waals surface area contributed by atoms with Crippen LogP contribution in [0, 0.1) is 11.8 Å². The number of nitrogens with two attached hydrogens (primary N) is 1. The van der Waals surface area contributed by atoms with Crippen LogP contribution in [0.15, 0.2) is 24.3 Å². The van der Waals surface area contributed by atoms with Gasteiger partial charge in [-0.2, -0.15) is 0 Å². The maximum Gasteiger partial charge on any atom is 0.291 e. The molecule has 0 saturated carbocycles. The zero-order valence-electron chi connectivity index (χ0n) is 12.5. The number of fused-ring (bicyclic) bond motifs is 4. The molecule has 1 aromatic carbocycles. The molecule has 1 aromatic rings. The van der Waals surface area contributed by atoms with Crippen LogP contribution in [0.3, 0.4) is 0 Å². The monoisotopic (exact) mass is 300 g/mol. The van der Waals surface area contributed by atoms with Crippen molar-refractivity contribution >= 4 is 23.4 Å². The first-order valence-electron chi connectivity index (χ1n) is 7.64. The van der Waals surface area contributed by atoms with Gasteiger partial charge in [-0.25, -0.2) is 0 Å². The first-order valence-corrected chi connectivity index (χ1v) is 7.64. The van der Waals surface area contributed by atoms with Crippen LogP contribution in [0.2, 0.25) is 0 Å². The fourth-order valence-corrected chi connectivity index (χ4v) is 4.47. The third-order valence-corrected chi connectivity index (χ3v) is 5.34. The molecule has 0 aliphatic carbocycles. The van der Waals surface area contributed by atoms with E-state index in [9.17, 15) is 14.4 Å². The highest BCUT2D eigenvalue weighted by Gasteiger charge is 2.73. The first-order chi connectivity index (χ1) is 10.5. The lowest BCUT2D eigenvalue weighted by molar-refractivity contribution is -0.730. The number of anilines is 1. The Balaban J connectivity index is 1.92. The van der Waals surface area contributed by atoms with E-state index in [1.54, 1.807) is 6.92 Å². The van der Waals surface area contributed by atoms with Crippen molar-refractivity contribution in [2.24, 2.45) is 11.8 Å². The fourth-order valence-electron chi connectivity index (χ4n) is 4.47. The molecule has 0 unspecified atom stereocenters. The maximum absolute atomic E-state index is 12.8. The van der Waals surface area contributed by atoms with Gasteiger partial charge in [0.2, 0.25) is 17.4 Å². The first kappa shape index (κ1) is 13.5. The molecule has 3 aliphatic heterocycles. The van der Waals surface area contributed by atoms with Crippen LogP contribution < -0.4 is 10.6 Å². The van der Waals surface area contributed by atoms with Crippen molar-refractivity contribution in [2.45, 2.75) is 25.4 Å². The van der Waals surface area contributed by atoms with Crippen molar-refractivity contribution < 1.29 is 19.7 Å². The lowest BCUT2D eigenvalue weighted by atomic mass is 9.76. The highest BCUT2D eigenvalue weighted by Crippen LogP contribution is 2.48. The number of quaternary nitrogens is 1. The topological polar surface area (TPSA) is 83.1 Å². The minimum absolute atomic E-state index is 0.102. The highest BCUT2D eigenvalue weighted by atomic mass is 16.2. The van der Waals surface area contributed by atoms with E-state index in [4.69, 9.17) is 0 Å². The van der Waals surface area contributed by atoms with Crippen molar-refractivity contribution in [3.8, 4) is 0 Å². The Morgan fingerprint density at radius 3 is 2.68 bits per heavy atom. The number of nitrogens with zero attached hydrogens (tertiary/aromatic N) is 1. The van der Waals surface area contributed by atoms with Gasteiger partial charge in [0.05, 0.1) is 11.7 Å². The molecule has 22 heavy (non-hydrogen) atoms. The third-order valence-electron chi connectivity index (χ3n) is 5.34. The summed E-state index contributed by atoms with van der Waals surface area (Å²) in [6.45, 7) is 4.07. The Labute approximate surface area is 127 Å². The molecule has 114 valence electrons. The van der Waals surface area contributed by atoms with Gasteiger partial charge in [0, 0.05) is 12.1 Å². The van der Waals surface area contributed by atoms with Crippen molar-refractivity contribution in [1.29, 1.82) is 0 Å². The van der Waals surface area contributed by atoms with E-state index in [1.165, 1.54) is 4.90 Å². The number of benzene rings is 1. The molecule has 0 bridgehead atoms. The number of hydrogen-bond acceptors (Lipinski definition) is 3. The van der Waals surface area contributed by atoms with E-state index in [-0.39, 0.29) is 23.8 Å². The molecule has 3 N–H and O–H groups in total. The summed E-state index contributed by atoms with van der Waals surface area (Å²) in [6.07, 6.45) is 0. The Hall–Kier alpha value is -2.21. The minimum Gasteiger partial charge on any atom is -0.326 e. The second kappa shape index (κ2) is 4.16. The zero-order valence-corrected chi connectivity index (χ0v) is 12.5. The maximum atomic E-state index is 12.8. The van der Waals surface area contributed by atoms with E-state index in [0.29, 0.717) is 6.54 Å². The second-order valence-corrected chi connectivity index (χ2v) is 6.32. The number of imide groups is 1. The molecule has 6 heteroatoms. The van der Waals surface area contributed by atoms with E-state index in [1.807, 2.05) is 36.5 Å². The van der Waals surface area contributed by atoms with Gasteiger partial charge in [0.25, 0.3) is 5.91 Å². The lowest BCUT2D eigenvalue weighted by Gasteiger charge is -2.25. The number of nitrogens with one attached hydrogen (secondary N) is 1. The lowest BCUT2D eigenvalue weighted by Crippen LogP contribution is -2.98. The Morgan fingerprint density at radius 1 is 1.23 bits per heavy atom. The van der Waals surface area contributed by atoms with Crippen LogP contribution in [0.25, 0.3) is 0 Å². The van der Waals surface area contributed by atoms with Crippen molar-refractivity contribution in [1.82, 2.24) is 4.90 Å². The molecule has 4 rings (SSSR count). The summed E-state index contributed by atoms with van der Waals surface area (Å²) in [7, 11) is 0. The zero-order chi connectivity index (χ0) is 15.6. The quantitative estimate of drug-likeness (QED) is 0.681. The summed E-state index contributed by atoms with van der Waals surface area (Å²) < 4.78 is 0. The smallest absolute Gasteiger partial charge is 0.291 e. The Kier molecular flexibility index (Phi) is 2.55. The van der Waals surface area contributed by atoms with Crippen LogP contribution in [0.4, 0.5) is 5.69 Å². The number of carbonyl (C=O) groups is 3. The molecule has 0 aromatic heterocycles. The molecule has 1 spiro atoms. The predicted molar refractivity (Wildman–Crippen MR) is 77.5 cm³/mol. The Bertz CT molecular complexity index is 716. The molecule has 4 atom stereocenters. The number of likely N-dealkylation sites (tertiary alicyclic amines) is 1. The van der Waals surface area contributed by atoms with Gasteiger partial charge >= 0.3 is 0 Å². The molecule has 3 amide bonds. The number of amides is 3. The van der Waals surface area contributed by atoms with Crippen LogP contribution in [0.1, 0.15) is 19.4 Å². The van der Waals surface area contributed by atoms with E-state index in [2.05, 4.69) is 5.32 Å². The van der Waals surface area contributed by atoms with Gasteiger partial charge in [-0.15, -0.1) is 0 Å². The standard InChI is InChI=1S/C16H17N3O3/c1-3-19-13(20)11-8(2)18-16(12(11)14(19)21)9-6-4-5-7-10(9)17-15(16)22/h4-8,11-12,18H,3H2,1-2H3,(H,17,22)/p+1/t8-,11-,12-,16+/m0/s1. The number of carbonyl (C=O) groups excluding carboxylic acids is 3. The summed E-state index contributed by atoms with van der Waals surface area (Å²) in [5.74, 6) is -1.59. The molecular formula is C16H18N3O3+. The van der Waals surface area contributed by atoms with Crippen LogP contribution in [-0.4, -0.2) is 35.2 Å². The third kappa shape index (κ3) is 1.31. The molecule has 3 aliphatic rings. The molecule has 2 saturated heterocycles. The van der Waals surface area contributed by atoms with E-state index in [0.717, 1.165) is 11.3 Å². The predicted octanol–water partition coefficient (Wildman–Crippen LogP) is -0.579. The summed E-state index contributed by atoms with van der Waals surface area (Å²) >= 11 is 0. The Morgan fingerprint density at radius 2 is 1.95 bits per heavy atom. The highest BCUT2D eigenvalue weighted by molar-refractivity contribution is 6.13. The van der Waals surface area contributed by atoms with Gasteiger partial charge in [-0.1, -0.05) is 18.2 Å². The number of hydrogen-bond donors (Lipinski definition) is 2. The minimum atomic E-state index is -1.00. The molecule has 0 radical (unpaired) electrons. The van der Waals surface area contributed by atoms with Gasteiger partial charge in [-0.05, 0) is 19.9 Å². The molecule has 3 heterocycles. The molecule has 6 nitrogen and oxygen atoms in total. The normalized spacial score (nSPS) is 36.0. The van der Waals surface area contributed by atoms with Gasteiger partial charge < -0.3 is 10.6 Å². The number of para-hydroxylation sites is 1. The van der Waals surface area contributed by atoms with Crippen LogP contribution in [0.5, 0.6) is 0 Å².